The number of halogens is 1. The Labute approximate surface area is 217 Å². The first-order chi connectivity index (χ1) is 17.2. The van der Waals surface area contributed by atoms with Crippen molar-refractivity contribution in [2.75, 3.05) is 11.9 Å². The van der Waals surface area contributed by atoms with Crippen molar-refractivity contribution in [2.24, 2.45) is 23.7 Å². The molecule has 1 aliphatic carbocycles. The van der Waals surface area contributed by atoms with Gasteiger partial charge in [-0.15, -0.1) is 6.58 Å². The van der Waals surface area contributed by atoms with Crippen molar-refractivity contribution in [2.45, 2.75) is 63.8 Å². The lowest BCUT2D eigenvalue weighted by molar-refractivity contribution is -0.141. The number of carbonyl (C=O) groups excluding carboxylic acids is 3. The van der Waals surface area contributed by atoms with Gasteiger partial charge in [-0.1, -0.05) is 62.6 Å². The number of hydrogen-bond acceptors (Lipinski definition) is 4. The normalized spacial score (nSPS) is 36.6. The zero-order valence-electron chi connectivity index (χ0n) is 21.0. The number of amides is 3. The fourth-order valence-electron chi connectivity index (χ4n) is 6.55. The van der Waals surface area contributed by atoms with Crippen LogP contribution in [0.5, 0.6) is 0 Å². The van der Waals surface area contributed by atoms with Crippen molar-refractivity contribution in [1.29, 1.82) is 0 Å². The van der Waals surface area contributed by atoms with Gasteiger partial charge in [-0.05, 0) is 42.9 Å². The van der Waals surface area contributed by atoms with E-state index in [2.05, 4.69) is 31.1 Å². The summed E-state index contributed by atoms with van der Waals surface area (Å²) in [6.07, 6.45) is 7.82. The summed E-state index contributed by atoms with van der Waals surface area (Å²) >= 11 is 6.24. The molecule has 2 N–H and O–H groups in total. The van der Waals surface area contributed by atoms with Crippen molar-refractivity contribution < 1.29 is 19.1 Å². The van der Waals surface area contributed by atoms with E-state index < -0.39 is 29.6 Å². The molecule has 3 heterocycles. The molecule has 2 bridgehead atoms. The molecule has 8 atom stereocenters. The highest BCUT2D eigenvalue weighted by atomic mass is 35.5. The number of hydrogen-bond donors (Lipinski definition) is 2. The molecule has 1 aromatic rings. The first-order valence-electron chi connectivity index (χ1n) is 12.8. The minimum absolute atomic E-state index is 0.0466. The Hall–Kier alpha value is -2.64. The number of rotatable bonds is 6. The van der Waals surface area contributed by atoms with E-state index in [-0.39, 0.29) is 30.3 Å². The Kier molecular flexibility index (Phi) is 6.50. The highest BCUT2D eigenvalue weighted by Gasteiger charge is 2.72. The summed E-state index contributed by atoms with van der Waals surface area (Å²) in [6.45, 7) is 10.3. The fourth-order valence-corrected chi connectivity index (χ4v) is 6.73. The van der Waals surface area contributed by atoms with E-state index in [0.29, 0.717) is 22.5 Å². The Morgan fingerprint density at radius 2 is 2.06 bits per heavy atom. The fraction of sp³-hybridized carbons (Fsp3) is 0.536. The third-order valence-corrected chi connectivity index (χ3v) is 9.13. The van der Waals surface area contributed by atoms with Crippen LogP contribution < -0.4 is 10.6 Å². The molecule has 0 radical (unpaired) electrons. The molecule has 192 valence electrons. The highest BCUT2D eigenvalue weighted by molar-refractivity contribution is 6.31. The number of nitrogens with zero attached hydrogens (tertiary/aromatic N) is 1. The van der Waals surface area contributed by atoms with Crippen molar-refractivity contribution in [3.63, 3.8) is 0 Å². The first kappa shape index (κ1) is 25.0. The van der Waals surface area contributed by atoms with Gasteiger partial charge >= 0.3 is 0 Å². The number of carbonyl (C=O) groups is 3. The Morgan fingerprint density at radius 1 is 1.28 bits per heavy atom. The summed E-state index contributed by atoms with van der Waals surface area (Å²) < 4.78 is 6.36. The summed E-state index contributed by atoms with van der Waals surface area (Å²) in [7, 11) is 0. The van der Waals surface area contributed by atoms with Crippen LogP contribution in [0.4, 0.5) is 5.69 Å². The van der Waals surface area contributed by atoms with Crippen molar-refractivity contribution in [3.8, 4) is 0 Å². The minimum Gasteiger partial charge on any atom is -0.359 e. The molecule has 5 rings (SSSR count). The van der Waals surface area contributed by atoms with Gasteiger partial charge in [0.05, 0.1) is 17.9 Å². The van der Waals surface area contributed by atoms with E-state index in [1.54, 1.807) is 18.2 Å². The van der Waals surface area contributed by atoms with E-state index in [1.165, 1.54) is 4.90 Å². The highest BCUT2D eigenvalue weighted by Crippen LogP contribution is 2.55. The van der Waals surface area contributed by atoms with Gasteiger partial charge in [-0.25, -0.2) is 0 Å². The Morgan fingerprint density at radius 3 is 2.78 bits per heavy atom. The molecule has 3 aliphatic heterocycles. The maximum Gasteiger partial charge on any atom is 0.246 e. The van der Waals surface area contributed by atoms with E-state index >= 15 is 0 Å². The summed E-state index contributed by atoms with van der Waals surface area (Å²) in [6, 6.07) is 4.49. The van der Waals surface area contributed by atoms with Crippen LogP contribution in [0.15, 0.2) is 43.0 Å². The Bertz CT molecular complexity index is 1140. The summed E-state index contributed by atoms with van der Waals surface area (Å²) in [5, 5.41) is 6.69. The number of nitrogens with one attached hydrogen (secondary N) is 2. The number of fused-ring (bicyclic) bond motifs is 1. The molecular formula is C28H34ClN3O4. The molecule has 1 aromatic carbocycles. The van der Waals surface area contributed by atoms with Crippen LogP contribution in [0.25, 0.3) is 0 Å². The lowest BCUT2D eigenvalue weighted by atomic mass is 9.73. The summed E-state index contributed by atoms with van der Waals surface area (Å²) in [4.78, 5) is 42.5. The van der Waals surface area contributed by atoms with Crippen LogP contribution in [-0.2, 0) is 19.1 Å². The number of ether oxygens (including phenoxy) is 1. The van der Waals surface area contributed by atoms with Crippen LogP contribution >= 0.6 is 11.6 Å². The van der Waals surface area contributed by atoms with Gasteiger partial charge in [-0.3, -0.25) is 14.4 Å². The van der Waals surface area contributed by atoms with Crippen LogP contribution in [0.2, 0.25) is 5.02 Å². The molecule has 8 heteroatoms. The van der Waals surface area contributed by atoms with Gasteiger partial charge in [0.1, 0.15) is 11.6 Å². The predicted molar refractivity (Wildman–Crippen MR) is 138 cm³/mol. The second kappa shape index (κ2) is 9.34. The molecule has 1 spiro atoms. The molecule has 2 saturated heterocycles. The Balaban J connectivity index is 1.42. The third-order valence-electron chi connectivity index (χ3n) is 8.72. The second-order valence-electron chi connectivity index (χ2n) is 10.8. The average Bonchev–Trinajstić information content (AvgIpc) is 3.47. The predicted octanol–water partition coefficient (Wildman–Crippen LogP) is 3.86. The smallest absolute Gasteiger partial charge is 0.246 e. The van der Waals surface area contributed by atoms with Gasteiger partial charge in [0, 0.05) is 23.3 Å². The van der Waals surface area contributed by atoms with Crippen LogP contribution in [-0.4, -0.2) is 53.0 Å². The van der Waals surface area contributed by atoms with Crippen molar-refractivity contribution >= 4 is 35.0 Å². The molecular weight excluding hydrogens is 478 g/mol. The average molecular weight is 512 g/mol. The van der Waals surface area contributed by atoms with Crippen LogP contribution in [0.3, 0.4) is 0 Å². The van der Waals surface area contributed by atoms with Gasteiger partial charge in [0.2, 0.25) is 17.7 Å². The van der Waals surface area contributed by atoms with Gasteiger partial charge in [-0.2, -0.15) is 0 Å². The van der Waals surface area contributed by atoms with E-state index in [0.717, 1.165) is 24.8 Å². The second-order valence-corrected chi connectivity index (χ2v) is 11.2. The maximum atomic E-state index is 13.8. The monoisotopic (exact) mass is 511 g/mol. The number of anilines is 1. The first-order valence-corrected chi connectivity index (χ1v) is 13.2. The zero-order chi connectivity index (χ0) is 25.8. The van der Waals surface area contributed by atoms with E-state index in [9.17, 15) is 14.4 Å². The third kappa shape index (κ3) is 3.88. The molecule has 1 saturated carbocycles. The standard InChI is InChI=1S/C28H34ClN3O4/c1-5-13-32-24(26(34)31-20-8-6-7-15(2)17(20)4)28-12-11-21(36-28)22(23(28)27(32)35)25(33)30-18-10-9-16(3)19(29)14-18/h5,9-12,14-15,17,20-24H,1,6-8,13H2,2-4H3,(H,30,33)(H,31,34). The summed E-state index contributed by atoms with van der Waals surface area (Å²) in [5.41, 5.74) is 0.284. The lowest BCUT2D eigenvalue weighted by Crippen LogP contribution is -2.57. The van der Waals surface area contributed by atoms with Gasteiger partial charge < -0.3 is 20.3 Å². The topological polar surface area (TPSA) is 87.7 Å². The molecule has 3 fully saturated rings. The SMILES string of the molecule is C=CCN1C(=O)C2C(C(=O)Nc3ccc(C)c(Cl)c3)C3C=CC2(O3)C1C(=O)NC1CCCC(C)C1C. The van der Waals surface area contributed by atoms with Crippen LogP contribution in [0.1, 0.15) is 38.7 Å². The van der Waals surface area contributed by atoms with E-state index in [1.807, 2.05) is 25.1 Å². The van der Waals surface area contributed by atoms with Gasteiger partial charge in [0.15, 0.2) is 0 Å². The number of aryl methyl sites for hydroxylation is 1. The zero-order valence-corrected chi connectivity index (χ0v) is 21.8. The quantitative estimate of drug-likeness (QED) is 0.568. The lowest BCUT2D eigenvalue weighted by Gasteiger charge is -2.37. The molecule has 36 heavy (non-hydrogen) atoms. The number of benzene rings is 1. The number of likely N-dealkylation sites (tertiary alicyclic amines) is 1. The molecule has 8 unspecified atom stereocenters. The van der Waals surface area contributed by atoms with Gasteiger partial charge in [0.25, 0.3) is 0 Å². The largest absolute Gasteiger partial charge is 0.359 e. The van der Waals surface area contributed by atoms with Crippen LogP contribution in [0, 0.1) is 30.6 Å². The molecule has 7 nitrogen and oxygen atoms in total. The maximum absolute atomic E-state index is 13.8. The molecule has 4 aliphatic rings. The minimum atomic E-state index is -1.18. The molecule has 3 amide bonds. The molecule has 0 aromatic heterocycles. The summed E-state index contributed by atoms with van der Waals surface area (Å²) in [5.74, 6) is -1.47. The van der Waals surface area contributed by atoms with E-state index in [4.69, 9.17) is 16.3 Å². The van der Waals surface area contributed by atoms with Crippen molar-refractivity contribution in [3.05, 3.63) is 53.6 Å². The van der Waals surface area contributed by atoms with Crippen molar-refractivity contribution in [1.82, 2.24) is 10.2 Å².